The highest BCUT2D eigenvalue weighted by molar-refractivity contribution is 5.68. The van der Waals surface area contributed by atoms with Gasteiger partial charge in [-0.1, -0.05) is 42.5 Å². The zero-order chi connectivity index (χ0) is 23.2. The summed E-state index contributed by atoms with van der Waals surface area (Å²) in [6.45, 7) is 8.35. The molecular weight excluding hydrogens is 406 g/mol. The van der Waals surface area contributed by atoms with Crippen molar-refractivity contribution in [1.82, 2.24) is 0 Å². The summed E-state index contributed by atoms with van der Waals surface area (Å²) in [4.78, 5) is 13.9. The molecule has 3 heteroatoms. The van der Waals surface area contributed by atoms with Gasteiger partial charge in [0.2, 0.25) is 0 Å². The largest absolute Gasteiger partial charge is 0.481 e. The fourth-order valence-electron chi connectivity index (χ4n) is 5.49. The van der Waals surface area contributed by atoms with Crippen molar-refractivity contribution in [3.63, 3.8) is 0 Å². The molecule has 1 aliphatic carbocycles. The van der Waals surface area contributed by atoms with Crippen LogP contribution in [0.25, 0.3) is 0 Å². The summed E-state index contributed by atoms with van der Waals surface area (Å²) in [5, 5.41) is 9.33. The lowest BCUT2D eigenvalue weighted by Crippen LogP contribution is -2.34. The van der Waals surface area contributed by atoms with Crippen molar-refractivity contribution < 1.29 is 9.90 Å². The Kier molecular flexibility index (Phi) is 7.90. The van der Waals surface area contributed by atoms with Crippen LogP contribution in [0.15, 0.2) is 55.1 Å². The van der Waals surface area contributed by atoms with E-state index < -0.39 is 5.97 Å². The van der Waals surface area contributed by atoms with Crippen LogP contribution in [0.2, 0.25) is 0 Å². The second-order valence-corrected chi connectivity index (χ2v) is 10.2. The van der Waals surface area contributed by atoms with Gasteiger partial charge in [-0.2, -0.15) is 0 Å². The molecule has 4 rings (SSSR count). The van der Waals surface area contributed by atoms with Crippen LogP contribution in [0, 0.1) is 18.8 Å². The highest BCUT2D eigenvalue weighted by Gasteiger charge is 2.33. The standard InChI is InChI=1S/C30H39NO2/c1-3-4-7-26-12-9-22(2)19-29(26)31-17-15-23(16-18-31)10-11-24-6-5-8-27(20-24)28(21-30(32)33)25-13-14-25/h3,5-6,8-9,12,19-20,23,25,28H,1,4,7,10-11,13-18,21H2,2H3,(H,32,33). The van der Waals surface area contributed by atoms with Crippen molar-refractivity contribution in [1.29, 1.82) is 0 Å². The van der Waals surface area contributed by atoms with E-state index >= 15 is 0 Å². The number of carbonyl (C=O) groups is 1. The van der Waals surface area contributed by atoms with Crippen LogP contribution in [0.1, 0.15) is 73.1 Å². The lowest BCUT2D eigenvalue weighted by molar-refractivity contribution is -0.137. The third-order valence-electron chi connectivity index (χ3n) is 7.62. The highest BCUT2D eigenvalue weighted by Crippen LogP contribution is 2.44. The Labute approximate surface area is 199 Å². The average Bonchev–Trinajstić information content (AvgIpc) is 3.66. The van der Waals surface area contributed by atoms with E-state index in [0.717, 1.165) is 38.3 Å². The molecule has 1 heterocycles. The van der Waals surface area contributed by atoms with Gasteiger partial charge in [-0.15, -0.1) is 6.58 Å². The molecule has 1 atom stereocenters. The zero-order valence-corrected chi connectivity index (χ0v) is 20.1. The maximum atomic E-state index is 11.3. The summed E-state index contributed by atoms with van der Waals surface area (Å²) in [5.41, 5.74) is 6.81. The summed E-state index contributed by atoms with van der Waals surface area (Å²) in [5.74, 6) is 0.851. The van der Waals surface area contributed by atoms with Crippen LogP contribution in [-0.4, -0.2) is 24.2 Å². The van der Waals surface area contributed by atoms with Crippen molar-refractivity contribution in [3.05, 3.63) is 77.4 Å². The fraction of sp³-hybridized carbons (Fsp3) is 0.500. The lowest BCUT2D eigenvalue weighted by Gasteiger charge is -2.35. The Morgan fingerprint density at radius 2 is 1.91 bits per heavy atom. The second kappa shape index (κ2) is 11.0. The first kappa shape index (κ1) is 23.6. The smallest absolute Gasteiger partial charge is 0.303 e. The first-order valence-corrected chi connectivity index (χ1v) is 12.8. The van der Waals surface area contributed by atoms with Gasteiger partial charge >= 0.3 is 5.97 Å². The number of rotatable bonds is 11. The number of piperidine rings is 1. The minimum atomic E-state index is -0.676. The molecule has 0 spiro atoms. The number of anilines is 1. The number of carboxylic acid groups (broad SMARTS) is 1. The first-order valence-electron chi connectivity index (χ1n) is 12.8. The topological polar surface area (TPSA) is 40.5 Å². The summed E-state index contributed by atoms with van der Waals surface area (Å²) < 4.78 is 0. The third kappa shape index (κ3) is 6.50. The minimum Gasteiger partial charge on any atom is -0.481 e. The van der Waals surface area contributed by atoms with Gasteiger partial charge in [-0.3, -0.25) is 4.79 Å². The lowest BCUT2D eigenvalue weighted by atomic mass is 9.87. The van der Waals surface area contributed by atoms with Gasteiger partial charge in [0.05, 0.1) is 6.42 Å². The van der Waals surface area contributed by atoms with Gasteiger partial charge in [0.25, 0.3) is 0 Å². The first-order chi connectivity index (χ1) is 16.0. The van der Waals surface area contributed by atoms with Crippen molar-refractivity contribution in [3.8, 4) is 0 Å². The molecule has 0 amide bonds. The molecule has 176 valence electrons. The average molecular weight is 446 g/mol. The van der Waals surface area contributed by atoms with Crippen LogP contribution in [0.5, 0.6) is 0 Å². The molecule has 0 bridgehead atoms. The summed E-state index contributed by atoms with van der Waals surface area (Å²) >= 11 is 0. The van der Waals surface area contributed by atoms with Crippen LogP contribution in [0.4, 0.5) is 5.69 Å². The van der Waals surface area contributed by atoms with Crippen LogP contribution >= 0.6 is 0 Å². The Hall–Kier alpha value is -2.55. The normalized spacial score (nSPS) is 17.7. The molecule has 3 nitrogen and oxygen atoms in total. The van der Waals surface area contributed by atoms with Crippen molar-refractivity contribution >= 4 is 11.7 Å². The molecule has 1 saturated carbocycles. The van der Waals surface area contributed by atoms with E-state index in [9.17, 15) is 9.90 Å². The highest BCUT2D eigenvalue weighted by atomic mass is 16.4. The number of hydrogen-bond donors (Lipinski definition) is 1. The molecule has 2 aromatic carbocycles. The Morgan fingerprint density at radius 3 is 2.61 bits per heavy atom. The minimum absolute atomic E-state index is 0.190. The molecule has 1 saturated heterocycles. The summed E-state index contributed by atoms with van der Waals surface area (Å²) in [6.07, 6.45) is 11.5. The van der Waals surface area contributed by atoms with Gasteiger partial charge in [0.15, 0.2) is 0 Å². The number of carboxylic acids is 1. The maximum Gasteiger partial charge on any atom is 0.303 e. The van der Waals surface area contributed by atoms with Gasteiger partial charge < -0.3 is 10.0 Å². The molecule has 1 N–H and O–H groups in total. The van der Waals surface area contributed by atoms with E-state index in [1.165, 1.54) is 60.0 Å². The Bertz CT molecular complexity index is 954. The van der Waals surface area contributed by atoms with E-state index in [1.807, 2.05) is 6.08 Å². The van der Waals surface area contributed by atoms with E-state index in [4.69, 9.17) is 0 Å². The van der Waals surface area contributed by atoms with Crippen molar-refractivity contribution in [2.24, 2.45) is 11.8 Å². The molecule has 0 radical (unpaired) electrons. The van der Waals surface area contributed by atoms with Crippen molar-refractivity contribution in [2.45, 2.75) is 70.6 Å². The van der Waals surface area contributed by atoms with Crippen LogP contribution in [0.3, 0.4) is 0 Å². The number of nitrogens with zero attached hydrogens (tertiary/aromatic N) is 1. The van der Waals surface area contributed by atoms with Gasteiger partial charge in [-0.05, 0) is 104 Å². The summed E-state index contributed by atoms with van der Waals surface area (Å²) in [6, 6.07) is 15.7. The Morgan fingerprint density at radius 1 is 1.12 bits per heavy atom. The second-order valence-electron chi connectivity index (χ2n) is 10.2. The van der Waals surface area contributed by atoms with E-state index in [2.05, 4.69) is 60.9 Å². The van der Waals surface area contributed by atoms with Gasteiger partial charge in [0, 0.05) is 18.8 Å². The molecule has 2 fully saturated rings. The van der Waals surface area contributed by atoms with E-state index in [1.54, 1.807) is 0 Å². The van der Waals surface area contributed by atoms with E-state index in [0.29, 0.717) is 5.92 Å². The molecule has 2 aromatic rings. The van der Waals surface area contributed by atoms with Crippen molar-refractivity contribution in [2.75, 3.05) is 18.0 Å². The number of allylic oxidation sites excluding steroid dienone is 1. The quantitative estimate of drug-likeness (QED) is 0.381. The molecule has 1 aliphatic heterocycles. The maximum absolute atomic E-state index is 11.3. The van der Waals surface area contributed by atoms with Crippen LogP contribution in [-0.2, 0) is 17.6 Å². The molecule has 0 aromatic heterocycles. The molecule has 2 aliphatic rings. The number of hydrogen-bond acceptors (Lipinski definition) is 2. The predicted octanol–water partition coefficient (Wildman–Crippen LogP) is 6.93. The third-order valence-corrected chi connectivity index (χ3v) is 7.62. The molecule has 1 unspecified atom stereocenters. The monoisotopic (exact) mass is 445 g/mol. The SMILES string of the molecule is C=CCCc1ccc(C)cc1N1CCC(CCc2cccc(C(CC(=O)O)C3CC3)c2)CC1. The van der Waals surface area contributed by atoms with Crippen LogP contribution < -0.4 is 4.90 Å². The van der Waals surface area contributed by atoms with Gasteiger partial charge in [-0.25, -0.2) is 0 Å². The zero-order valence-electron chi connectivity index (χ0n) is 20.1. The van der Waals surface area contributed by atoms with Gasteiger partial charge in [0.1, 0.15) is 0 Å². The molecule has 33 heavy (non-hydrogen) atoms. The number of benzene rings is 2. The number of aryl methyl sites for hydroxylation is 3. The predicted molar refractivity (Wildman–Crippen MR) is 137 cm³/mol. The van der Waals surface area contributed by atoms with E-state index in [-0.39, 0.29) is 12.3 Å². The number of aliphatic carboxylic acids is 1. The Balaban J connectivity index is 1.32. The molecular formula is C30H39NO2. The fourth-order valence-corrected chi connectivity index (χ4v) is 5.49. The summed E-state index contributed by atoms with van der Waals surface area (Å²) in [7, 11) is 0.